The summed E-state index contributed by atoms with van der Waals surface area (Å²) in [7, 11) is -4.13. The molecular formula is C10H12F2N2O2S. The zero-order chi connectivity index (χ0) is 12.6. The van der Waals surface area contributed by atoms with E-state index in [1.807, 2.05) is 0 Å². The molecule has 1 aromatic carbocycles. The topological polar surface area (TPSA) is 63.4 Å². The Balaban J connectivity index is 2.45. The molecule has 17 heavy (non-hydrogen) atoms. The smallest absolute Gasteiger partial charge is 0.248 e. The second kappa shape index (κ2) is 4.32. The highest BCUT2D eigenvalue weighted by atomic mass is 32.2. The van der Waals surface area contributed by atoms with Crippen molar-refractivity contribution in [3.05, 3.63) is 29.8 Å². The SMILES string of the molecule is NC1CCN(S(=O)(=O)c2c(F)cccc2F)C1. The molecule has 1 unspecified atom stereocenters. The van der Waals surface area contributed by atoms with Crippen molar-refractivity contribution in [2.75, 3.05) is 13.1 Å². The van der Waals surface area contributed by atoms with Crippen LogP contribution in [0.4, 0.5) is 8.78 Å². The molecule has 0 aromatic heterocycles. The molecule has 0 bridgehead atoms. The van der Waals surface area contributed by atoms with Crippen LogP contribution in [0.2, 0.25) is 0 Å². The van der Waals surface area contributed by atoms with Crippen LogP contribution in [0.5, 0.6) is 0 Å². The first kappa shape index (κ1) is 12.4. The van der Waals surface area contributed by atoms with Gasteiger partial charge in [-0.1, -0.05) is 6.07 Å². The lowest BCUT2D eigenvalue weighted by atomic mass is 10.3. The number of nitrogens with zero attached hydrogens (tertiary/aromatic N) is 1. The number of sulfonamides is 1. The van der Waals surface area contributed by atoms with E-state index in [4.69, 9.17) is 5.73 Å². The highest BCUT2D eigenvalue weighted by molar-refractivity contribution is 7.89. The summed E-state index contributed by atoms with van der Waals surface area (Å²) >= 11 is 0. The molecule has 0 aliphatic carbocycles. The molecule has 0 amide bonds. The maximum atomic E-state index is 13.4. The quantitative estimate of drug-likeness (QED) is 0.852. The lowest BCUT2D eigenvalue weighted by molar-refractivity contribution is 0.452. The number of halogens is 2. The zero-order valence-corrected chi connectivity index (χ0v) is 9.75. The predicted molar refractivity (Wildman–Crippen MR) is 57.7 cm³/mol. The molecule has 0 spiro atoms. The Bertz CT molecular complexity index is 513. The molecule has 1 saturated heterocycles. The van der Waals surface area contributed by atoms with Gasteiger partial charge in [-0.05, 0) is 18.6 Å². The van der Waals surface area contributed by atoms with Crippen LogP contribution in [0, 0.1) is 11.6 Å². The summed E-state index contributed by atoms with van der Waals surface area (Å²) < 4.78 is 51.9. The van der Waals surface area contributed by atoms with Crippen LogP contribution in [0.1, 0.15) is 6.42 Å². The Labute approximate surface area is 98.1 Å². The highest BCUT2D eigenvalue weighted by Gasteiger charge is 2.34. The Hall–Kier alpha value is -1.05. The third-order valence-corrected chi connectivity index (χ3v) is 4.62. The van der Waals surface area contributed by atoms with Crippen molar-refractivity contribution in [1.29, 1.82) is 0 Å². The minimum Gasteiger partial charge on any atom is -0.326 e. The fourth-order valence-electron chi connectivity index (χ4n) is 1.83. The van der Waals surface area contributed by atoms with Gasteiger partial charge in [0.05, 0.1) is 0 Å². The summed E-state index contributed by atoms with van der Waals surface area (Å²) in [5.74, 6) is -2.16. The van der Waals surface area contributed by atoms with E-state index >= 15 is 0 Å². The summed E-state index contributed by atoms with van der Waals surface area (Å²) in [5.41, 5.74) is 5.58. The molecule has 1 atom stereocenters. The third kappa shape index (κ3) is 2.18. The Morgan fingerprint density at radius 2 is 1.88 bits per heavy atom. The van der Waals surface area contributed by atoms with Gasteiger partial charge >= 0.3 is 0 Å². The number of hydrogen-bond donors (Lipinski definition) is 1. The van der Waals surface area contributed by atoms with Gasteiger partial charge < -0.3 is 5.73 Å². The summed E-state index contributed by atoms with van der Waals surface area (Å²) in [6.45, 7) is 0.285. The maximum Gasteiger partial charge on any atom is 0.248 e. The average Bonchev–Trinajstić information content (AvgIpc) is 2.64. The Morgan fingerprint density at radius 1 is 1.29 bits per heavy atom. The molecule has 1 heterocycles. The molecule has 1 fully saturated rings. The summed E-state index contributed by atoms with van der Waals surface area (Å²) in [6, 6.07) is 2.69. The fourth-order valence-corrected chi connectivity index (χ4v) is 3.45. The van der Waals surface area contributed by atoms with Gasteiger partial charge in [-0.25, -0.2) is 17.2 Å². The van der Waals surface area contributed by atoms with E-state index in [2.05, 4.69) is 0 Å². The molecule has 1 aliphatic heterocycles. The third-order valence-electron chi connectivity index (χ3n) is 2.70. The molecule has 94 valence electrons. The molecule has 1 aliphatic rings. The van der Waals surface area contributed by atoms with E-state index in [1.165, 1.54) is 0 Å². The van der Waals surface area contributed by atoms with Crippen molar-refractivity contribution >= 4 is 10.0 Å². The average molecular weight is 262 g/mol. The van der Waals surface area contributed by atoms with Crippen LogP contribution in [-0.4, -0.2) is 31.9 Å². The van der Waals surface area contributed by atoms with Gasteiger partial charge in [-0.15, -0.1) is 0 Å². The molecule has 0 radical (unpaired) electrons. The Kier molecular flexibility index (Phi) is 3.15. The van der Waals surface area contributed by atoms with Gasteiger partial charge in [0, 0.05) is 19.1 Å². The van der Waals surface area contributed by atoms with Gasteiger partial charge in [0.25, 0.3) is 0 Å². The number of benzene rings is 1. The highest BCUT2D eigenvalue weighted by Crippen LogP contribution is 2.25. The first-order valence-electron chi connectivity index (χ1n) is 5.12. The minimum absolute atomic E-state index is 0.0934. The van der Waals surface area contributed by atoms with E-state index in [-0.39, 0.29) is 19.1 Å². The fraction of sp³-hybridized carbons (Fsp3) is 0.400. The van der Waals surface area contributed by atoms with Crippen LogP contribution in [0.3, 0.4) is 0 Å². The largest absolute Gasteiger partial charge is 0.326 e. The van der Waals surface area contributed by atoms with Crippen LogP contribution >= 0.6 is 0 Å². The van der Waals surface area contributed by atoms with Crippen molar-refractivity contribution < 1.29 is 17.2 Å². The second-order valence-electron chi connectivity index (χ2n) is 3.96. The van der Waals surface area contributed by atoms with Gasteiger partial charge in [-0.2, -0.15) is 4.31 Å². The van der Waals surface area contributed by atoms with Crippen LogP contribution in [-0.2, 0) is 10.0 Å². The predicted octanol–water partition coefficient (Wildman–Crippen LogP) is 0.686. The van der Waals surface area contributed by atoms with Crippen molar-refractivity contribution in [2.24, 2.45) is 5.73 Å². The Morgan fingerprint density at radius 3 is 2.35 bits per heavy atom. The molecule has 2 N–H and O–H groups in total. The lowest BCUT2D eigenvalue weighted by Gasteiger charge is -2.16. The number of rotatable bonds is 2. The first-order chi connectivity index (χ1) is 7.93. The molecule has 7 heteroatoms. The standard InChI is InChI=1S/C10H12F2N2O2S/c11-8-2-1-3-9(12)10(8)17(15,16)14-5-4-7(13)6-14/h1-3,7H,4-6,13H2. The molecular weight excluding hydrogens is 250 g/mol. The first-order valence-corrected chi connectivity index (χ1v) is 6.56. The summed E-state index contributed by atoms with van der Waals surface area (Å²) in [6.07, 6.45) is 0.495. The number of nitrogens with two attached hydrogens (primary N) is 1. The van der Waals surface area contributed by atoms with Crippen LogP contribution < -0.4 is 5.73 Å². The molecule has 4 nitrogen and oxygen atoms in total. The summed E-state index contributed by atoms with van der Waals surface area (Å²) in [4.78, 5) is -0.894. The van der Waals surface area contributed by atoms with Crippen molar-refractivity contribution in [2.45, 2.75) is 17.4 Å². The van der Waals surface area contributed by atoms with Crippen molar-refractivity contribution in [3.8, 4) is 0 Å². The molecule has 1 aromatic rings. The van der Waals surface area contributed by atoms with E-state index < -0.39 is 26.6 Å². The van der Waals surface area contributed by atoms with Gasteiger partial charge in [0.15, 0.2) is 4.90 Å². The molecule has 0 saturated carbocycles. The summed E-state index contributed by atoms with van der Waals surface area (Å²) in [5, 5.41) is 0. The monoisotopic (exact) mass is 262 g/mol. The number of hydrogen-bond acceptors (Lipinski definition) is 3. The molecule has 2 rings (SSSR count). The second-order valence-corrected chi connectivity index (χ2v) is 5.84. The lowest BCUT2D eigenvalue weighted by Crippen LogP contribution is -2.33. The normalized spacial score (nSPS) is 21.9. The van der Waals surface area contributed by atoms with Gasteiger partial charge in [-0.3, -0.25) is 0 Å². The van der Waals surface area contributed by atoms with Crippen LogP contribution in [0.15, 0.2) is 23.1 Å². The maximum absolute atomic E-state index is 13.4. The van der Waals surface area contributed by atoms with Gasteiger partial charge in [0.1, 0.15) is 11.6 Å². The van der Waals surface area contributed by atoms with E-state index in [9.17, 15) is 17.2 Å². The van der Waals surface area contributed by atoms with E-state index in [0.29, 0.717) is 6.42 Å². The van der Waals surface area contributed by atoms with Crippen molar-refractivity contribution in [3.63, 3.8) is 0 Å². The van der Waals surface area contributed by atoms with Crippen LogP contribution in [0.25, 0.3) is 0 Å². The van der Waals surface area contributed by atoms with Gasteiger partial charge in [0.2, 0.25) is 10.0 Å². The van der Waals surface area contributed by atoms with E-state index in [0.717, 1.165) is 22.5 Å². The zero-order valence-electron chi connectivity index (χ0n) is 8.94. The van der Waals surface area contributed by atoms with E-state index in [1.54, 1.807) is 0 Å². The minimum atomic E-state index is -4.13. The van der Waals surface area contributed by atoms with Crippen molar-refractivity contribution in [1.82, 2.24) is 4.31 Å².